The van der Waals surface area contributed by atoms with Gasteiger partial charge in [0.2, 0.25) is 10.0 Å². The Balaban J connectivity index is 1.51. The van der Waals surface area contributed by atoms with Gasteiger partial charge in [-0.2, -0.15) is 0 Å². The van der Waals surface area contributed by atoms with E-state index in [4.69, 9.17) is 4.74 Å². The van der Waals surface area contributed by atoms with E-state index in [-0.39, 0.29) is 23.7 Å². The van der Waals surface area contributed by atoms with Crippen LogP contribution in [0.2, 0.25) is 0 Å². The topological polar surface area (TPSA) is 135 Å². The molecule has 5 aromatic rings. The van der Waals surface area contributed by atoms with Crippen LogP contribution in [0.4, 0.5) is 5.69 Å². The lowest BCUT2D eigenvalue weighted by Crippen LogP contribution is -2.40. The molecular formula is C34H37N5O5S. The Labute approximate surface area is 263 Å². The standard InChI is InChI=1S/C34H37N5O5S/c1-34(2,3)45(42,43)38-31-19-32(33(41)36-27(21-44-4)17-23-8-11-28(40)12-9-23)37-30-13-10-26(18-29(30)31)25-7-5-6-24(16-25)20-39-15-14-35-22-39/h5-16,18-19,22,27,40H,17,20-21H2,1-4H3,(H,36,41)(H,37,38)/t27-/m0/s1. The van der Waals surface area contributed by atoms with Crippen molar-refractivity contribution in [2.75, 3.05) is 18.4 Å². The SMILES string of the molecule is COC[C@H](Cc1ccc(O)cc1)NC(=O)c1cc(NS(=O)(=O)C(C)(C)C)c2cc(-c3cccc(Cn4ccnc4)c3)ccc2n1. The third kappa shape index (κ3) is 7.68. The number of anilines is 1. The number of aromatic hydroxyl groups is 1. The van der Waals surface area contributed by atoms with E-state index < -0.39 is 26.7 Å². The number of phenols is 1. The van der Waals surface area contributed by atoms with E-state index in [1.807, 2.05) is 41.1 Å². The second kappa shape index (κ2) is 13.1. The first kappa shape index (κ1) is 31.7. The molecule has 3 N–H and O–H groups in total. The predicted molar refractivity (Wildman–Crippen MR) is 176 cm³/mol. The molecule has 0 radical (unpaired) electrons. The molecule has 45 heavy (non-hydrogen) atoms. The zero-order valence-corrected chi connectivity index (χ0v) is 26.5. The Morgan fingerprint density at radius 2 is 1.76 bits per heavy atom. The lowest BCUT2D eigenvalue weighted by Gasteiger charge is -2.22. The number of carbonyl (C=O) groups is 1. The van der Waals surface area contributed by atoms with Gasteiger partial charge < -0.3 is 19.7 Å². The Morgan fingerprint density at radius 1 is 1.00 bits per heavy atom. The average Bonchev–Trinajstić information content (AvgIpc) is 3.50. The van der Waals surface area contributed by atoms with Crippen molar-refractivity contribution < 1.29 is 23.1 Å². The van der Waals surface area contributed by atoms with Crippen LogP contribution in [0.25, 0.3) is 22.0 Å². The van der Waals surface area contributed by atoms with Gasteiger partial charge in [0, 0.05) is 31.4 Å². The van der Waals surface area contributed by atoms with Gasteiger partial charge in [0.1, 0.15) is 11.4 Å². The highest BCUT2D eigenvalue weighted by Crippen LogP contribution is 2.32. The van der Waals surface area contributed by atoms with Crippen LogP contribution >= 0.6 is 0 Å². The molecule has 3 aromatic carbocycles. The fourth-order valence-electron chi connectivity index (χ4n) is 4.87. The number of ether oxygens (including phenoxy) is 1. The lowest BCUT2D eigenvalue weighted by molar-refractivity contribution is 0.0892. The molecule has 0 aliphatic carbocycles. The Kier molecular flexibility index (Phi) is 9.21. The summed E-state index contributed by atoms with van der Waals surface area (Å²) in [5.74, 6) is -0.313. The van der Waals surface area contributed by atoms with Gasteiger partial charge in [0.25, 0.3) is 5.91 Å². The van der Waals surface area contributed by atoms with Crippen molar-refractivity contribution in [3.05, 3.63) is 108 Å². The molecule has 10 nitrogen and oxygen atoms in total. The van der Waals surface area contributed by atoms with Gasteiger partial charge in [-0.3, -0.25) is 9.52 Å². The third-order valence-corrected chi connectivity index (χ3v) is 9.50. The summed E-state index contributed by atoms with van der Waals surface area (Å²) in [7, 11) is -2.28. The molecule has 0 saturated carbocycles. The summed E-state index contributed by atoms with van der Waals surface area (Å²) in [6, 6.07) is 21.5. The molecule has 0 saturated heterocycles. The molecule has 0 aliphatic rings. The first-order chi connectivity index (χ1) is 21.4. The summed E-state index contributed by atoms with van der Waals surface area (Å²) in [6.07, 6.45) is 5.86. The largest absolute Gasteiger partial charge is 0.508 e. The maximum atomic E-state index is 13.5. The van der Waals surface area contributed by atoms with Crippen LogP contribution in [0.1, 0.15) is 42.4 Å². The van der Waals surface area contributed by atoms with E-state index in [1.54, 1.807) is 70.7 Å². The summed E-state index contributed by atoms with van der Waals surface area (Å²) in [5, 5.41) is 13.2. The average molecular weight is 628 g/mol. The summed E-state index contributed by atoms with van der Waals surface area (Å²) in [4.78, 5) is 22.3. The van der Waals surface area contributed by atoms with Gasteiger partial charge in [-0.15, -0.1) is 0 Å². The van der Waals surface area contributed by atoms with Crippen LogP contribution in [0.3, 0.4) is 0 Å². The first-order valence-corrected chi connectivity index (χ1v) is 16.0. The van der Waals surface area contributed by atoms with Crippen LogP contribution in [0.5, 0.6) is 5.75 Å². The normalized spacial score (nSPS) is 12.6. The van der Waals surface area contributed by atoms with Crippen molar-refractivity contribution >= 4 is 32.5 Å². The van der Waals surface area contributed by atoms with Crippen molar-refractivity contribution in [1.29, 1.82) is 0 Å². The maximum absolute atomic E-state index is 13.5. The predicted octanol–water partition coefficient (Wildman–Crippen LogP) is 5.38. The van der Waals surface area contributed by atoms with Crippen molar-refractivity contribution in [3.8, 4) is 16.9 Å². The number of pyridine rings is 1. The van der Waals surface area contributed by atoms with E-state index in [9.17, 15) is 18.3 Å². The Hall–Kier alpha value is -4.74. The summed E-state index contributed by atoms with van der Waals surface area (Å²) < 4.78 is 35.6. The molecule has 0 unspecified atom stereocenters. The molecule has 11 heteroatoms. The zero-order valence-electron chi connectivity index (χ0n) is 25.7. The molecule has 0 fully saturated rings. The lowest BCUT2D eigenvalue weighted by atomic mass is 10.0. The number of phenolic OH excluding ortho intramolecular Hbond substituents is 1. The van der Waals surface area contributed by atoms with E-state index in [2.05, 4.69) is 26.1 Å². The van der Waals surface area contributed by atoms with Crippen LogP contribution in [0, 0.1) is 0 Å². The van der Waals surface area contributed by atoms with Crippen LogP contribution in [-0.4, -0.2) is 58.5 Å². The van der Waals surface area contributed by atoms with E-state index in [0.29, 0.717) is 23.9 Å². The number of hydrogen-bond acceptors (Lipinski definition) is 7. The number of fused-ring (bicyclic) bond motifs is 1. The number of sulfonamides is 1. The van der Waals surface area contributed by atoms with Gasteiger partial charge in [0.15, 0.2) is 0 Å². The number of hydrogen-bond donors (Lipinski definition) is 3. The van der Waals surface area contributed by atoms with E-state index in [0.717, 1.165) is 22.3 Å². The van der Waals surface area contributed by atoms with Gasteiger partial charge >= 0.3 is 0 Å². The van der Waals surface area contributed by atoms with Gasteiger partial charge in [-0.25, -0.2) is 18.4 Å². The fraction of sp³-hybridized carbons (Fsp3) is 0.265. The number of methoxy groups -OCH3 is 1. The minimum absolute atomic E-state index is 0.0657. The highest BCUT2D eigenvalue weighted by Gasteiger charge is 2.30. The molecule has 5 rings (SSSR count). The number of carbonyl (C=O) groups excluding carboxylic acids is 1. The van der Waals surface area contributed by atoms with Gasteiger partial charge in [-0.1, -0.05) is 36.4 Å². The van der Waals surface area contributed by atoms with Crippen molar-refractivity contribution in [3.63, 3.8) is 0 Å². The number of aromatic nitrogens is 3. The molecule has 2 heterocycles. The monoisotopic (exact) mass is 627 g/mol. The molecule has 1 atom stereocenters. The molecule has 0 spiro atoms. The number of nitrogens with one attached hydrogen (secondary N) is 2. The molecule has 0 bridgehead atoms. The van der Waals surface area contributed by atoms with Crippen LogP contribution in [-0.2, 0) is 27.7 Å². The third-order valence-electron chi connectivity index (χ3n) is 7.40. The quantitative estimate of drug-likeness (QED) is 0.179. The number of nitrogens with zero attached hydrogens (tertiary/aromatic N) is 3. The molecule has 234 valence electrons. The smallest absolute Gasteiger partial charge is 0.270 e. The molecule has 1 amide bonds. The maximum Gasteiger partial charge on any atom is 0.270 e. The highest BCUT2D eigenvalue weighted by molar-refractivity contribution is 7.94. The minimum atomic E-state index is -3.83. The molecule has 2 aromatic heterocycles. The van der Waals surface area contributed by atoms with Crippen LogP contribution < -0.4 is 10.0 Å². The van der Waals surface area contributed by atoms with Gasteiger partial charge in [-0.05, 0) is 85.8 Å². The number of benzene rings is 3. The van der Waals surface area contributed by atoms with Crippen LogP contribution in [0.15, 0.2) is 91.5 Å². The second-order valence-corrected chi connectivity index (χ2v) is 14.4. The second-order valence-electron chi connectivity index (χ2n) is 11.9. The van der Waals surface area contributed by atoms with Crippen molar-refractivity contribution in [1.82, 2.24) is 19.9 Å². The number of imidazole rings is 1. The van der Waals surface area contributed by atoms with Gasteiger partial charge in [0.05, 0.1) is 34.9 Å². The zero-order chi connectivity index (χ0) is 32.2. The number of amides is 1. The fourth-order valence-corrected chi connectivity index (χ4v) is 5.64. The number of rotatable bonds is 11. The molecule has 0 aliphatic heterocycles. The van der Waals surface area contributed by atoms with Crippen molar-refractivity contribution in [2.24, 2.45) is 0 Å². The minimum Gasteiger partial charge on any atom is -0.508 e. The highest BCUT2D eigenvalue weighted by atomic mass is 32.2. The summed E-state index contributed by atoms with van der Waals surface area (Å²) >= 11 is 0. The summed E-state index contributed by atoms with van der Waals surface area (Å²) in [6.45, 7) is 5.74. The summed E-state index contributed by atoms with van der Waals surface area (Å²) in [5.41, 5.74) is 4.62. The van der Waals surface area contributed by atoms with Crippen molar-refractivity contribution in [2.45, 2.75) is 44.5 Å². The van der Waals surface area contributed by atoms with E-state index >= 15 is 0 Å². The Morgan fingerprint density at radius 3 is 2.44 bits per heavy atom. The first-order valence-electron chi connectivity index (χ1n) is 14.5. The Bertz CT molecular complexity index is 1900. The molecular weight excluding hydrogens is 590 g/mol. The van der Waals surface area contributed by atoms with E-state index in [1.165, 1.54) is 6.07 Å².